The molecule has 7 heteroatoms. The Morgan fingerprint density at radius 2 is 1.94 bits per heavy atom. The predicted molar refractivity (Wildman–Crippen MR) is 65.4 cm³/mol. The number of ether oxygens (including phenoxy) is 2. The van der Waals surface area contributed by atoms with Crippen molar-refractivity contribution < 1.29 is 9.47 Å². The lowest BCUT2D eigenvalue weighted by atomic mass is 10.2. The van der Waals surface area contributed by atoms with Gasteiger partial charge in [-0.25, -0.2) is 5.84 Å². The van der Waals surface area contributed by atoms with E-state index in [-0.39, 0.29) is 18.0 Å². The number of aromatic nitrogens is 3. The number of methoxy groups -OCH3 is 1. The minimum absolute atomic E-state index is 0.111. The zero-order valence-corrected chi connectivity index (χ0v) is 10.0. The molecule has 0 fully saturated rings. The molecule has 0 atom stereocenters. The van der Waals surface area contributed by atoms with Crippen LogP contribution in [0.5, 0.6) is 17.8 Å². The van der Waals surface area contributed by atoms with Crippen LogP contribution in [0.3, 0.4) is 0 Å². The highest BCUT2D eigenvalue weighted by atomic mass is 16.5. The van der Waals surface area contributed by atoms with Crippen molar-refractivity contribution in [2.75, 3.05) is 12.5 Å². The van der Waals surface area contributed by atoms with Gasteiger partial charge < -0.3 is 9.47 Å². The lowest BCUT2D eigenvalue weighted by Gasteiger charge is -2.07. The van der Waals surface area contributed by atoms with Crippen LogP contribution in [0.4, 0.5) is 5.95 Å². The fourth-order valence-electron chi connectivity index (χ4n) is 1.32. The lowest BCUT2D eigenvalue weighted by molar-refractivity contribution is 0.360. The summed E-state index contributed by atoms with van der Waals surface area (Å²) in [7, 11) is 1.45. The molecule has 94 valence electrons. The zero-order valence-electron chi connectivity index (χ0n) is 10.0. The van der Waals surface area contributed by atoms with Crippen molar-refractivity contribution in [1.29, 1.82) is 0 Å². The molecule has 2 rings (SSSR count). The van der Waals surface area contributed by atoms with E-state index >= 15 is 0 Å². The fraction of sp³-hybridized carbons (Fsp3) is 0.182. The van der Waals surface area contributed by atoms with Crippen LogP contribution in [-0.2, 0) is 0 Å². The van der Waals surface area contributed by atoms with Crippen LogP contribution < -0.4 is 20.7 Å². The van der Waals surface area contributed by atoms with E-state index in [4.69, 9.17) is 15.3 Å². The van der Waals surface area contributed by atoms with Crippen molar-refractivity contribution in [2.24, 2.45) is 5.84 Å². The highest BCUT2D eigenvalue weighted by Crippen LogP contribution is 2.20. The molecule has 0 saturated carbocycles. The Hall–Kier alpha value is -2.41. The van der Waals surface area contributed by atoms with Crippen molar-refractivity contribution in [2.45, 2.75) is 6.92 Å². The summed E-state index contributed by atoms with van der Waals surface area (Å²) in [6.07, 6.45) is 0. The number of benzene rings is 1. The number of hydrazine groups is 1. The number of nitrogen functional groups attached to an aromatic ring is 1. The van der Waals surface area contributed by atoms with Gasteiger partial charge >= 0.3 is 12.0 Å². The largest absolute Gasteiger partial charge is 0.467 e. The summed E-state index contributed by atoms with van der Waals surface area (Å²) < 4.78 is 10.4. The Morgan fingerprint density at radius 1 is 1.17 bits per heavy atom. The SMILES string of the molecule is COc1nc(NN)nc(Oc2cccc(C)c2)n1. The summed E-state index contributed by atoms with van der Waals surface area (Å²) in [5, 5.41) is 0. The van der Waals surface area contributed by atoms with Crippen LogP contribution in [0, 0.1) is 6.92 Å². The molecule has 0 aliphatic carbocycles. The zero-order chi connectivity index (χ0) is 13.0. The van der Waals surface area contributed by atoms with Crippen LogP contribution in [0.15, 0.2) is 24.3 Å². The molecule has 18 heavy (non-hydrogen) atoms. The van der Waals surface area contributed by atoms with E-state index in [1.54, 1.807) is 6.07 Å². The van der Waals surface area contributed by atoms with Gasteiger partial charge in [0.2, 0.25) is 5.95 Å². The summed E-state index contributed by atoms with van der Waals surface area (Å²) in [5.74, 6) is 6.05. The molecular formula is C11H13N5O2. The number of hydrogen-bond acceptors (Lipinski definition) is 7. The van der Waals surface area contributed by atoms with Gasteiger partial charge in [-0.2, -0.15) is 9.97 Å². The molecule has 1 aromatic heterocycles. The molecule has 0 bridgehead atoms. The van der Waals surface area contributed by atoms with Crippen molar-refractivity contribution in [1.82, 2.24) is 15.0 Å². The van der Waals surface area contributed by atoms with Gasteiger partial charge in [-0.3, -0.25) is 5.43 Å². The van der Waals surface area contributed by atoms with Crippen LogP contribution in [0.25, 0.3) is 0 Å². The monoisotopic (exact) mass is 247 g/mol. The first-order valence-electron chi connectivity index (χ1n) is 5.22. The predicted octanol–water partition coefficient (Wildman–Crippen LogP) is 1.27. The van der Waals surface area contributed by atoms with Gasteiger partial charge in [0.05, 0.1) is 7.11 Å². The molecule has 1 aromatic carbocycles. The van der Waals surface area contributed by atoms with Crippen molar-refractivity contribution in [3.8, 4) is 17.8 Å². The minimum Gasteiger partial charge on any atom is -0.467 e. The number of nitrogens with two attached hydrogens (primary N) is 1. The summed E-state index contributed by atoms with van der Waals surface area (Å²) in [6, 6.07) is 7.75. The molecule has 0 amide bonds. The van der Waals surface area contributed by atoms with Gasteiger partial charge in [-0.15, -0.1) is 4.98 Å². The second-order valence-corrected chi connectivity index (χ2v) is 3.49. The number of anilines is 1. The molecule has 2 aromatic rings. The van der Waals surface area contributed by atoms with Gasteiger partial charge in [-0.05, 0) is 24.6 Å². The average molecular weight is 247 g/mol. The minimum atomic E-state index is 0.111. The molecule has 3 N–H and O–H groups in total. The first kappa shape index (κ1) is 12.1. The average Bonchev–Trinajstić information content (AvgIpc) is 2.38. The topological polar surface area (TPSA) is 95.2 Å². The number of hydrogen-bond donors (Lipinski definition) is 2. The molecule has 0 radical (unpaired) electrons. The van der Waals surface area contributed by atoms with Gasteiger partial charge in [0.15, 0.2) is 0 Å². The summed E-state index contributed by atoms with van der Waals surface area (Å²) in [4.78, 5) is 11.8. The summed E-state index contributed by atoms with van der Waals surface area (Å²) in [6.45, 7) is 1.97. The number of nitrogens with zero attached hydrogens (tertiary/aromatic N) is 3. The highest BCUT2D eigenvalue weighted by Gasteiger charge is 2.08. The Kier molecular flexibility index (Phi) is 3.54. The normalized spacial score (nSPS) is 9.94. The number of nitrogens with one attached hydrogen (secondary N) is 1. The molecule has 1 heterocycles. The third-order valence-electron chi connectivity index (χ3n) is 2.10. The van der Waals surface area contributed by atoms with Crippen LogP contribution in [-0.4, -0.2) is 22.1 Å². The van der Waals surface area contributed by atoms with Gasteiger partial charge in [0.1, 0.15) is 5.75 Å². The van der Waals surface area contributed by atoms with Gasteiger partial charge in [0.25, 0.3) is 0 Å². The van der Waals surface area contributed by atoms with Crippen LogP contribution >= 0.6 is 0 Å². The third kappa shape index (κ3) is 2.83. The maximum Gasteiger partial charge on any atom is 0.330 e. The Balaban J connectivity index is 2.28. The Labute approximate surface area is 104 Å². The second-order valence-electron chi connectivity index (χ2n) is 3.49. The maximum atomic E-state index is 5.51. The molecule has 0 aliphatic rings. The maximum absolute atomic E-state index is 5.51. The Morgan fingerprint density at radius 3 is 2.61 bits per heavy atom. The van der Waals surface area contributed by atoms with E-state index in [1.807, 2.05) is 25.1 Å². The Bertz CT molecular complexity index is 524. The van der Waals surface area contributed by atoms with E-state index < -0.39 is 0 Å². The molecule has 7 nitrogen and oxygen atoms in total. The quantitative estimate of drug-likeness (QED) is 0.620. The van der Waals surface area contributed by atoms with Gasteiger partial charge in [0, 0.05) is 0 Å². The van der Waals surface area contributed by atoms with E-state index in [2.05, 4.69) is 20.4 Å². The molecule has 0 saturated heterocycles. The first-order chi connectivity index (χ1) is 8.71. The van der Waals surface area contributed by atoms with Crippen LogP contribution in [0.1, 0.15) is 5.56 Å². The molecule has 0 aliphatic heterocycles. The fourth-order valence-corrected chi connectivity index (χ4v) is 1.32. The van der Waals surface area contributed by atoms with Crippen molar-refractivity contribution in [3.63, 3.8) is 0 Å². The molecule has 0 spiro atoms. The third-order valence-corrected chi connectivity index (χ3v) is 2.10. The standard InChI is InChI=1S/C11H13N5O2/c1-7-4-3-5-8(6-7)18-11-14-9(16-12)13-10(15-11)17-2/h3-6H,12H2,1-2H3,(H,13,14,15,16). The van der Waals surface area contributed by atoms with Crippen LogP contribution in [0.2, 0.25) is 0 Å². The van der Waals surface area contributed by atoms with Crippen molar-refractivity contribution in [3.05, 3.63) is 29.8 Å². The summed E-state index contributed by atoms with van der Waals surface area (Å²) in [5.41, 5.74) is 3.39. The summed E-state index contributed by atoms with van der Waals surface area (Å²) >= 11 is 0. The molecular weight excluding hydrogens is 234 g/mol. The van der Waals surface area contributed by atoms with E-state index in [1.165, 1.54) is 7.11 Å². The number of rotatable bonds is 4. The van der Waals surface area contributed by atoms with E-state index in [0.29, 0.717) is 5.75 Å². The lowest BCUT2D eigenvalue weighted by Crippen LogP contribution is -2.12. The van der Waals surface area contributed by atoms with Gasteiger partial charge in [-0.1, -0.05) is 12.1 Å². The molecule has 0 unspecified atom stereocenters. The smallest absolute Gasteiger partial charge is 0.330 e. The van der Waals surface area contributed by atoms with E-state index in [9.17, 15) is 0 Å². The number of aryl methyl sites for hydroxylation is 1. The second kappa shape index (κ2) is 5.28. The highest BCUT2D eigenvalue weighted by molar-refractivity contribution is 5.31. The van der Waals surface area contributed by atoms with E-state index in [0.717, 1.165) is 5.56 Å². The first-order valence-corrected chi connectivity index (χ1v) is 5.22. The van der Waals surface area contributed by atoms with Crippen molar-refractivity contribution >= 4 is 5.95 Å².